The van der Waals surface area contributed by atoms with Crippen molar-refractivity contribution in [1.82, 2.24) is 0 Å². The molecule has 0 rings (SSSR count). The first-order valence-corrected chi connectivity index (χ1v) is 5.46. The normalized spacial score (nSPS) is 13.6. The first-order valence-electron chi connectivity index (χ1n) is 1.82. The highest BCUT2D eigenvalue weighted by atomic mass is 32.3. The highest BCUT2D eigenvalue weighted by Crippen LogP contribution is 1.88. The first kappa shape index (κ1) is 8.86. The Morgan fingerprint density at radius 3 is 1.56 bits per heavy atom. The van der Waals surface area contributed by atoms with Crippen molar-refractivity contribution in [3.8, 4) is 0 Å². The second-order valence-corrected chi connectivity index (χ2v) is 5.51. The van der Waals surface area contributed by atoms with E-state index in [4.69, 9.17) is 0 Å². The molecule has 0 saturated carbocycles. The molecule has 0 heterocycles. The molecule has 56 valence electrons. The Labute approximate surface area is 53.4 Å². The van der Waals surface area contributed by atoms with E-state index in [0.29, 0.717) is 6.26 Å². The summed E-state index contributed by atoms with van der Waals surface area (Å²) >= 11 is 0. The zero-order valence-electron chi connectivity index (χ0n) is 4.56. The Balaban J connectivity index is 4.46. The van der Waals surface area contributed by atoms with E-state index in [9.17, 15) is 21.4 Å². The Morgan fingerprint density at radius 1 is 1.22 bits per heavy atom. The molecule has 0 atom stereocenters. The molecule has 0 aliphatic carbocycles. The van der Waals surface area contributed by atoms with E-state index in [1.54, 1.807) is 0 Å². The summed E-state index contributed by atoms with van der Waals surface area (Å²) in [5, 5.41) is -1.32. The average molecular weight is 173 g/mol. The molecule has 0 unspecified atom stereocenters. The Hall–Kier alpha value is -0.140. The lowest BCUT2D eigenvalue weighted by molar-refractivity contribution is 0.467. The van der Waals surface area contributed by atoms with Crippen molar-refractivity contribution in [3.05, 3.63) is 0 Å². The maximum Gasteiger partial charge on any atom is 0.160 e. The zero-order chi connectivity index (χ0) is 7.71. The van der Waals surface area contributed by atoms with Crippen LogP contribution >= 0.6 is 0 Å². The number of sulfone groups is 1. The van der Waals surface area contributed by atoms with E-state index in [1.807, 2.05) is 0 Å². The highest BCUT2D eigenvalue weighted by molar-refractivity contribution is 8.05. The molecule has 9 heavy (non-hydrogen) atoms. The number of rotatable bonds is 2. The van der Waals surface area contributed by atoms with E-state index in [2.05, 4.69) is 0 Å². The molecule has 0 fully saturated rings. The van der Waals surface area contributed by atoms with Gasteiger partial charge in [-0.1, -0.05) is 0 Å². The molecule has 0 radical (unpaired) electrons. The van der Waals surface area contributed by atoms with Crippen LogP contribution in [0.4, 0.5) is 0 Å². The van der Waals surface area contributed by atoms with Gasteiger partial charge < -0.3 is 4.55 Å². The van der Waals surface area contributed by atoms with Gasteiger partial charge in [-0.3, -0.25) is 0 Å². The van der Waals surface area contributed by atoms with Gasteiger partial charge in [-0.15, -0.1) is 0 Å². The summed E-state index contributed by atoms with van der Waals surface area (Å²) in [5.41, 5.74) is 0. The van der Waals surface area contributed by atoms with Crippen LogP contribution in [0.1, 0.15) is 0 Å². The second kappa shape index (κ2) is 2.24. The highest BCUT2D eigenvalue weighted by Gasteiger charge is 2.06. The third-order valence-corrected chi connectivity index (χ3v) is 3.23. The van der Waals surface area contributed by atoms with Crippen LogP contribution in [0.2, 0.25) is 0 Å². The average Bonchev–Trinajstić information content (AvgIpc) is 1.14. The van der Waals surface area contributed by atoms with Gasteiger partial charge in [0.05, 0.1) is 0 Å². The van der Waals surface area contributed by atoms with Crippen molar-refractivity contribution in [2.75, 3.05) is 11.3 Å². The molecule has 0 aromatic heterocycles. The van der Waals surface area contributed by atoms with Gasteiger partial charge in [-0.05, 0) is 0 Å². The van der Waals surface area contributed by atoms with Gasteiger partial charge in [0, 0.05) is 6.26 Å². The summed E-state index contributed by atoms with van der Waals surface area (Å²) in [6.45, 7) is 0. The monoisotopic (exact) mass is 173 g/mol. The van der Waals surface area contributed by atoms with Gasteiger partial charge in [-0.25, -0.2) is 16.8 Å². The van der Waals surface area contributed by atoms with Gasteiger partial charge in [0.1, 0.15) is 15.2 Å². The molecule has 0 aliphatic rings. The standard InChI is InChI=1S/C2H6O5S2/c1-8(3,4)2-9(5,6)7/h2H2,1H3,(H,5,6,7)/p-1. The Kier molecular flexibility index (Phi) is 2.20. The smallest absolute Gasteiger partial charge is 0.160 e. The fraction of sp³-hybridized carbons (Fsp3) is 1.00. The molecular weight excluding hydrogens is 168 g/mol. The molecule has 0 bridgehead atoms. The van der Waals surface area contributed by atoms with Gasteiger partial charge in [-0.2, -0.15) is 0 Å². The van der Waals surface area contributed by atoms with Gasteiger partial charge in [0.25, 0.3) is 0 Å². The quantitative estimate of drug-likeness (QED) is 0.475. The minimum atomic E-state index is -4.62. The van der Waals surface area contributed by atoms with E-state index in [0.717, 1.165) is 0 Å². The first-order chi connectivity index (χ1) is 3.71. The molecular formula is C2H5O5S2-. The summed E-state index contributed by atoms with van der Waals surface area (Å²) < 4.78 is 49.3. The van der Waals surface area contributed by atoms with Crippen molar-refractivity contribution in [1.29, 1.82) is 0 Å². The predicted octanol–water partition coefficient (Wildman–Crippen LogP) is -1.47. The molecule has 0 aromatic rings. The van der Waals surface area contributed by atoms with Crippen molar-refractivity contribution in [2.24, 2.45) is 0 Å². The number of hydrogen-bond donors (Lipinski definition) is 0. The van der Waals surface area contributed by atoms with Crippen molar-refractivity contribution in [2.45, 2.75) is 0 Å². The van der Waals surface area contributed by atoms with Crippen molar-refractivity contribution in [3.63, 3.8) is 0 Å². The van der Waals surface area contributed by atoms with Crippen LogP contribution in [-0.4, -0.2) is 32.7 Å². The summed E-state index contributed by atoms with van der Waals surface area (Å²) in [6, 6.07) is 0. The molecule has 0 amide bonds. The molecule has 7 heteroatoms. The molecule has 5 nitrogen and oxygen atoms in total. The predicted molar refractivity (Wildman–Crippen MR) is 29.4 cm³/mol. The molecule has 0 aromatic carbocycles. The van der Waals surface area contributed by atoms with Crippen LogP contribution in [-0.2, 0) is 20.0 Å². The van der Waals surface area contributed by atoms with Crippen LogP contribution in [0.5, 0.6) is 0 Å². The van der Waals surface area contributed by atoms with E-state index >= 15 is 0 Å². The summed E-state index contributed by atoms with van der Waals surface area (Å²) in [5.74, 6) is 0. The third-order valence-electron chi connectivity index (χ3n) is 0.358. The Morgan fingerprint density at radius 2 is 1.56 bits per heavy atom. The van der Waals surface area contributed by atoms with Crippen LogP contribution in [0.3, 0.4) is 0 Å². The molecule has 0 N–H and O–H groups in total. The maximum atomic E-state index is 10.1. The lowest BCUT2D eigenvalue weighted by Gasteiger charge is -2.02. The fourth-order valence-corrected chi connectivity index (χ4v) is 2.36. The SMILES string of the molecule is CS(=O)(=O)CS(=O)(=O)[O-]. The molecule has 0 spiro atoms. The summed E-state index contributed by atoms with van der Waals surface area (Å²) in [7, 11) is -8.30. The van der Waals surface area contributed by atoms with Crippen molar-refractivity contribution < 1.29 is 21.4 Å². The van der Waals surface area contributed by atoms with Gasteiger partial charge in [0.15, 0.2) is 9.84 Å². The zero-order valence-corrected chi connectivity index (χ0v) is 6.20. The lowest BCUT2D eigenvalue weighted by atomic mass is 11.9. The number of hydrogen-bond acceptors (Lipinski definition) is 5. The van der Waals surface area contributed by atoms with Crippen LogP contribution in [0, 0.1) is 0 Å². The van der Waals surface area contributed by atoms with Crippen LogP contribution in [0.25, 0.3) is 0 Å². The minimum absolute atomic E-state index is 0.683. The molecule has 0 aliphatic heterocycles. The van der Waals surface area contributed by atoms with Crippen LogP contribution < -0.4 is 0 Å². The van der Waals surface area contributed by atoms with E-state index in [-0.39, 0.29) is 0 Å². The summed E-state index contributed by atoms with van der Waals surface area (Å²) in [6.07, 6.45) is 0.683. The van der Waals surface area contributed by atoms with Crippen molar-refractivity contribution >= 4 is 20.0 Å². The van der Waals surface area contributed by atoms with E-state index in [1.165, 1.54) is 0 Å². The fourth-order valence-electron chi connectivity index (χ4n) is 0.262. The third kappa shape index (κ3) is 7.86. The van der Waals surface area contributed by atoms with Gasteiger partial charge in [0.2, 0.25) is 0 Å². The van der Waals surface area contributed by atoms with Crippen LogP contribution in [0.15, 0.2) is 0 Å². The second-order valence-electron chi connectivity index (χ2n) is 1.60. The lowest BCUT2D eigenvalue weighted by Crippen LogP contribution is -2.13. The van der Waals surface area contributed by atoms with E-state index < -0.39 is 25.0 Å². The van der Waals surface area contributed by atoms with Gasteiger partial charge >= 0.3 is 0 Å². The Bertz CT molecular complexity index is 238. The topological polar surface area (TPSA) is 91.3 Å². The molecule has 0 saturated heterocycles. The largest absolute Gasteiger partial charge is 0.747 e. The minimum Gasteiger partial charge on any atom is -0.747 e. The maximum absolute atomic E-state index is 10.1. The summed E-state index contributed by atoms with van der Waals surface area (Å²) in [4.78, 5) is 0.